The number of nitrogens with one attached hydrogen (secondary N) is 1. The van der Waals surface area contributed by atoms with Gasteiger partial charge in [-0.25, -0.2) is 9.59 Å². The van der Waals surface area contributed by atoms with Crippen LogP contribution in [-0.4, -0.2) is 43.6 Å². The summed E-state index contributed by atoms with van der Waals surface area (Å²) < 4.78 is 7.67. The van der Waals surface area contributed by atoms with Crippen LogP contribution in [0.1, 0.15) is 27.9 Å². The molecular weight excluding hydrogens is 506 g/mol. The van der Waals surface area contributed by atoms with Gasteiger partial charge >= 0.3 is 11.9 Å². The minimum atomic E-state index is -0.981. The van der Waals surface area contributed by atoms with Crippen LogP contribution in [-0.2, 0) is 11.8 Å². The summed E-state index contributed by atoms with van der Waals surface area (Å²) >= 11 is 3.95. The van der Waals surface area contributed by atoms with Crippen molar-refractivity contribution in [2.45, 2.75) is 6.92 Å². The third-order valence-corrected chi connectivity index (χ3v) is 3.67. The molecule has 21 heavy (non-hydrogen) atoms. The predicted octanol–water partition coefficient (Wildman–Crippen LogP) is 1.91. The monoisotopic (exact) mass is 518 g/mol. The Morgan fingerprint density at radius 1 is 1.43 bits per heavy atom. The minimum absolute atomic E-state index is 0.114. The highest BCUT2D eigenvalue weighted by Gasteiger charge is 2.12. The highest BCUT2D eigenvalue weighted by atomic mass is 127. The van der Waals surface area contributed by atoms with Crippen molar-refractivity contribution in [3.63, 3.8) is 0 Å². The van der Waals surface area contributed by atoms with Crippen LogP contribution in [0.5, 0.6) is 0 Å². The number of nitrogens with zero attached hydrogens (tertiary/aromatic N) is 3. The highest BCUT2D eigenvalue weighted by Crippen LogP contribution is 2.09. The first-order chi connectivity index (χ1) is 9.86. The molecule has 0 unspecified atom stereocenters. The molecule has 0 amide bonds. The molecule has 0 atom stereocenters. The van der Waals surface area contributed by atoms with E-state index in [1.807, 2.05) is 45.2 Å². The summed E-state index contributed by atoms with van der Waals surface area (Å²) in [6, 6.07) is 0. The van der Waals surface area contributed by atoms with Crippen molar-refractivity contribution in [3.05, 3.63) is 30.9 Å². The Morgan fingerprint density at radius 3 is 2.43 bits per heavy atom. The largest absolute Gasteiger partial charge is 0.476 e. The van der Waals surface area contributed by atoms with Crippen LogP contribution in [0.15, 0.2) is 12.4 Å². The normalized spacial score (nSPS) is 9.71. The van der Waals surface area contributed by atoms with Gasteiger partial charge in [0.05, 0.1) is 19.9 Å². The molecule has 0 saturated heterocycles. The molecule has 0 saturated carbocycles. The Balaban J connectivity index is 0.000000211. The number of carbonyl (C=O) groups is 2. The maximum atomic E-state index is 11.0. The Morgan fingerprint density at radius 2 is 2.10 bits per heavy atom. The van der Waals surface area contributed by atoms with Gasteiger partial charge in [0.15, 0.2) is 11.4 Å². The molecule has 0 aliphatic carbocycles. The van der Waals surface area contributed by atoms with Gasteiger partial charge < -0.3 is 9.84 Å². The Kier molecular flexibility index (Phi) is 7.07. The van der Waals surface area contributed by atoms with Crippen molar-refractivity contribution >= 4 is 57.1 Å². The van der Waals surface area contributed by atoms with Crippen molar-refractivity contribution in [2.75, 3.05) is 6.61 Å². The summed E-state index contributed by atoms with van der Waals surface area (Å²) in [4.78, 5) is 21.4. The van der Waals surface area contributed by atoms with Crippen LogP contribution in [0.4, 0.5) is 0 Å². The Bertz CT molecular complexity index is 638. The zero-order chi connectivity index (χ0) is 16.0. The fourth-order valence-corrected chi connectivity index (χ4v) is 2.44. The molecule has 0 fully saturated rings. The second-order valence-electron chi connectivity index (χ2n) is 3.62. The number of aromatic nitrogens is 4. The van der Waals surface area contributed by atoms with Crippen LogP contribution in [0.2, 0.25) is 0 Å². The average molecular weight is 518 g/mol. The van der Waals surface area contributed by atoms with Gasteiger partial charge in [-0.05, 0) is 52.1 Å². The lowest BCUT2D eigenvalue weighted by Gasteiger charge is -1.97. The fraction of sp³-hybridized carbons (Fsp3) is 0.273. The van der Waals surface area contributed by atoms with Crippen molar-refractivity contribution in [1.82, 2.24) is 20.0 Å². The number of aromatic carboxylic acids is 1. The number of carbonyl (C=O) groups excluding carboxylic acids is 1. The van der Waals surface area contributed by atoms with Crippen molar-refractivity contribution in [1.29, 1.82) is 0 Å². The second-order valence-corrected chi connectivity index (χ2v) is 5.94. The first kappa shape index (κ1) is 17.9. The van der Waals surface area contributed by atoms with E-state index in [-0.39, 0.29) is 11.7 Å². The number of hydrogen-bond donors (Lipinski definition) is 2. The zero-order valence-corrected chi connectivity index (χ0v) is 15.4. The summed E-state index contributed by atoms with van der Waals surface area (Å²) in [6.07, 6.45) is 3.23. The van der Waals surface area contributed by atoms with E-state index in [9.17, 15) is 9.59 Å². The number of H-pyrrole nitrogens is 1. The summed E-state index contributed by atoms with van der Waals surface area (Å²) in [7, 11) is 1.69. The molecule has 0 bridgehead atoms. The van der Waals surface area contributed by atoms with Crippen molar-refractivity contribution in [3.8, 4) is 0 Å². The first-order valence-corrected chi connectivity index (χ1v) is 7.81. The standard InChI is InChI=1S/C6H7IN2O2.C5H5IN2O2/c1-2-11-6(10)5-4(7)3-8-9-5;1-8-2-3(6)4(7-8)5(9)10/h3H,2H2,1H3,(H,8,9);2H,1H3,(H,9,10). The van der Waals surface area contributed by atoms with E-state index in [1.165, 1.54) is 4.68 Å². The number of rotatable bonds is 3. The van der Waals surface area contributed by atoms with Gasteiger partial charge in [0.2, 0.25) is 0 Å². The summed E-state index contributed by atoms with van der Waals surface area (Å²) in [5, 5.41) is 18.5. The van der Waals surface area contributed by atoms with E-state index in [4.69, 9.17) is 9.84 Å². The lowest BCUT2D eigenvalue weighted by atomic mass is 10.4. The number of aryl methyl sites for hydroxylation is 1. The topological polar surface area (TPSA) is 110 Å². The second kappa shape index (κ2) is 8.31. The molecule has 0 aromatic carbocycles. The summed E-state index contributed by atoms with van der Waals surface area (Å²) in [6.45, 7) is 2.15. The van der Waals surface area contributed by atoms with Gasteiger partial charge in [-0.15, -0.1) is 0 Å². The van der Waals surface area contributed by atoms with Crippen LogP contribution in [0.3, 0.4) is 0 Å². The SMILES string of the molecule is CCOC(=O)c1[nH]ncc1I.Cn1cc(I)c(C(=O)O)n1. The molecule has 2 aromatic heterocycles. The average Bonchev–Trinajstić information content (AvgIpc) is 2.96. The number of carboxylic acids is 1. The molecule has 2 aromatic rings. The van der Waals surface area contributed by atoms with Crippen LogP contribution in [0, 0.1) is 7.14 Å². The highest BCUT2D eigenvalue weighted by molar-refractivity contribution is 14.1. The van der Waals surface area contributed by atoms with Gasteiger partial charge in [0.1, 0.15) is 0 Å². The van der Waals surface area contributed by atoms with Gasteiger partial charge in [-0.3, -0.25) is 9.78 Å². The Labute approximate surface area is 147 Å². The smallest absolute Gasteiger partial charge is 0.357 e. The number of ether oxygens (including phenoxy) is 1. The fourth-order valence-electron chi connectivity index (χ4n) is 1.22. The zero-order valence-electron chi connectivity index (χ0n) is 11.1. The molecule has 2 rings (SSSR count). The molecular formula is C11H12I2N4O4. The number of hydrogen-bond acceptors (Lipinski definition) is 5. The van der Waals surface area contributed by atoms with E-state index in [1.54, 1.807) is 26.4 Å². The molecule has 8 nitrogen and oxygen atoms in total. The van der Waals surface area contributed by atoms with E-state index >= 15 is 0 Å². The minimum Gasteiger partial charge on any atom is -0.476 e. The van der Waals surface area contributed by atoms with E-state index < -0.39 is 5.97 Å². The maximum Gasteiger partial charge on any atom is 0.357 e. The molecule has 2 heterocycles. The quantitative estimate of drug-likeness (QED) is 0.475. The molecule has 0 spiro atoms. The Hall–Kier alpha value is -1.18. The van der Waals surface area contributed by atoms with E-state index in [0.29, 0.717) is 15.9 Å². The van der Waals surface area contributed by atoms with Gasteiger partial charge in [-0.1, -0.05) is 0 Å². The van der Waals surface area contributed by atoms with Gasteiger partial charge in [0.25, 0.3) is 0 Å². The number of halogens is 2. The first-order valence-electron chi connectivity index (χ1n) is 5.65. The lowest BCUT2D eigenvalue weighted by Crippen LogP contribution is -2.06. The third kappa shape index (κ3) is 5.26. The van der Waals surface area contributed by atoms with E-state index in [2.05, 4.69) is 15.3 Å². The van der Waals surface area contributed by atoms with Crippen LogP contribution >= 0.6 is 45.2 Å². The van der Waals surface area contributed by atoms with Crippen molar-refractivity contribution < 1.29 is 19.4 Å². The lowest BCUT2D eigenvalue weighted by molar-refractivity contribution is 0.0517. The predicted molar refractivity (Wildman–Crippen MR) is 90.1 cm³/mol. The molecule has 114 valence electrons. The van der Waals surface area contributed by atoms with Gasteiger partial charge in [0, 0.05) is 13.2 Å². The third-order valence-electron chi connectivity index (χ3n) is 2.06. The maximum absolute atomic E-state index is 11.0. The van der Waals surface area contributed by atoms with E-state index in [0.717, 1.165) is 3.57 Å². The molecule has 2 N–H and O–H groups in total. The summed E-state index contributed by atoms with van der Waals surface area (Å²) in [5.41, 5.74) is 0.538. The molecule has 10 heteroatoms. The summed E-state index contributed by atoms with van der Waals surface area (Å²) in [5.74, 6) is -1.33. The van der Waals surface area contributed by atoms with Crippen LogP contribution < -0.4 is 0 Å². The number of esters is 1. The molecule has 0 aliphatic heterocycles. The molecule has 0 radical (unpaired) electrons. The number of aromatic amines is 1. The number of carboxylic acid groups (broad SMARTS) is 1. The van der Waals surface area contributed by atoms with Crippen LogP contribution in [0.25, 0.3) is 0 Å². The van der Waals surface area contributed by atoms with Gasteiger partial charge in [-0.2, -0.15) is 10.2 Å². The van der Waals surface area contributed by atoms with Crippen molar-refractivity contribution in [2.24, 2.45) is 7.05 Å². The molecule has 0 aliphatic rings.